The topological polar surface area (TPSA) is 90.3 Å². The number of aryl methyl sites for hydroxylation is 3. The van der Waals surface area contributed by atoms with Crippen LogP contribution in [0.4, 0.5) is 15.9 Å². The predicted octanol–water partition coefficient (Wildman–Crippen LogP) is 4.15. The molecule has 3 heterocycles. The molecule has 0 unspecified atom stereocenters. The molecule has 0 atom stereocenters. The van der Waals surface area contributed by atoms with Crippen LogP contribution in [-0.4, -0.2) is 54.6 Å². The van der Waals surface area contributed by atoms with E-state index in [2.05, 4.69) is 26.8 Å². The first-order valence-corrected chi connectivity index (χ1v) is 12.3. The number of nitrogens with one attached hydrogen (secondary N) is 2. The summed E-state index contributed by atoms with van der Waals surface area (Å²) in [7, 11) is 3.15. The van der Waals surface area contributed by atoms with Crippen LogP contribution >= 0.6 is 0 Å². The number of nitrogens with zero attached hydrogens (tertiary/aromatic N) is 3. The van der Waals surface area contributed by atoms with E-state index in [1.54, 1.807) is 26.3 Å². The number of anilines is 2. The highest BCUT2D eigenvalue weighted by atomic mass is 19.1. The average Bonchev–Trinajstić information content (AvgIpc) is 3.37. The van der Waals surface area contributed by atoms with E-state index in [0.717, 1.165) is 48.7 Å². The van der Waals surface area contributed by atoms with E-state index in [9.17, 15) is 4.79 Å². The number of ether oxygens (including phenoxy) is 2. The molecule has 0 radical (unpaired) electrons. The Kier molecular flexibility index (Phi) is 8.66. The van der Waals surface area contributed by atoms with Gasteiger partial charge in [-0.25, -0.2) is 9.37 Å². The van der Waals surface area contributed by atoms with Crippen molar-refractivity contribution in [3.63, 3.8) is 0 Å². The molecule has 2 N–H and O–H groups in total. The summed E-state index contributed by atoms with van der Waals surface area (Å²) in [6, 6.07) is 5.66. The largest absolute Gasteiger partial charge is 0.384 e. The minimum atomic E-state index is -0.274. The fraction of sp³-hybridized carbons (Fsp3) is 0.444. The molecule has 8 nitrogen and oxygen atoms in total. The van der Waals surface area contributed by atoms with Crippen LogP contribution in [0.3, 0.4) is 0 Å². The summed E-state index contributed by atoms with van der Waals surface area (Å²) in [5, 5.41) is 10.5. The zero-order valence-electron chi connectivity index (χ0n) is 21.1. The Balaban J connectivity index is 1.43. The maximum Gasteiger partial charge on any atom is 0.251 e. The number of amides is 1. The first-order valence-electron chi connectivity index (χ1n) is 12.3. The summed E-state index contributed by atoms with van der Waals surface area (Å²) in [5.74, 6) is 0.257. The van der Waals surface area contributed by atoms with Crippen LogP contribution in [0.5, 0.6) is 0 Å². The van der Waals surface area contributed by atoms with Gasteiger partial charge in [0.25, 0.3) is 5.91 Å². The first kappa shape index (κ1) is 25.8. The molecule has 36 heavy (non-hydrogen) atoms. The van der Waals surface area contributed by atoms with Crippen molar-refractivity contribution in [2.75, 3.05) is 39.3 Å². The maximum absolute atomic E-state index is 15.1. The van der Waals surface area contributed by atoms with Crippen molar-refractivity contribution in [3.8, 4) is 0 Å². The average molecular weight is 496 g/mol. The molecule has 0 bridgehead atoms. The Hall–Kier alpha value is -3.30. The van der Waals surface area contributed by atoms with E-state index in [1.807, 2.05) is 30.2 Å². The molecule has 192 valence electrons. The van der Waals surface area contributed by atoms with Crippen LogP contribution < -0.4 is 10.6 Å². The van der Waals surface area contributed by atoms with Crippen molar-refractivity contribution in [2.45, 2.75) is 45.1 Å². The van der Waals surface area contributed by atoms with E-state index < -0.39 is 0 Å². The molecule has 0 aliphatic carbocycles. The predicted molar refractivity (Wildman–Crippen MR) is 136 cm³/mol. The van der Waals surface area contributed by atoms with Crippen LogP contribution in [0, 0.1) is 12.7 Å². The van der Waals surface area contributed by atoms with Gasteiger partial charge in [-0.1, -0.05) is 6.07 Å². The van der Waals surface area contributed by atoms with Crippen LogP contribution in [0.1, 0.15) is 51.5 Å². The zero-order valence-corrected chi connectivity index (χ0v) is 21.1. The lowest BCUT2D eigenvalue weighted by molar-refractivity contribution is 0.0662. The quantitative estimate of drug-likeness (QED) is 0.439. The minimum Gasteiger partial charge on any atom is -0.384 e. The van der Waals surface area contributed by atoms with E-state index in [4.69, 9.17) is 9.47 Å². The van der Waals surface area contributed by atoms with Crippen molar-refractivity contribution in [3.05, 3.63) is 70.4 Å². The fourth-order valence-corrected chi connectivity index (χ4v) is 4.47. The van der Waals surface area contributed by atoms with Crippen molar-refractivity contribution in [2.24, 2.45) is 0 Å². The molecule has 4 rings (SSSR count). The smallest absolute Gasteiger partial charge is 0.251 e. The summed E-state index contributed by atoms with van der Waals surface area (Å²) in [4.78, 5) is 16.8. The van der Waals surface area contributed by atoms with Gasteiger partial charge in [0.2, 0.25) is 0 Å². The molecule has 3 aromatic rings. The van der Waals surface area contributed by atoms with Gasteiger partial charge in [-0.3, -0.25) is 9.48 Å². The van der Waals surface area contributed by atoms with Gasteiger partial charge in [-0.2, -0.15) is 5.10 Å². The highest BCUT2D eigenvalue weighted by Crippen LogP contribution is 2.25. The second-order valence-corrected chi connectivity index (χ2v) is 9.12. The Morgan fingerprint density at radius 2 is 1.92 bits per heavy atom. The van der Waals surface area contributed by atoms with Crippen LogP contribution in [0.15, 0.2) is 36.8 Å². The van der Waals surface area contributed by atoms with Crippen LogP contribution in [0.2, 0.25) is 0 Å². The summed E-state index contributed by atoms with van der Waals surface area (Å²) in [5.41, 5.74) is 4.34. The number of halogens is 1. The highest BCUT2D eigenvalue weighted by molar-refractivity contribution is 5.94. The van der Waals surface area contributed by atoms with Crippen molar-refractivity contribution in [1.82, 2.24) is 20.1 Å². The Morgan fingerprint density at radius 3 is 2.61 bits per heavy atom. The maximum atomic E-state index is 15.1. The van der Waals surface area contributed by atoms with Gasteiger partial charge >= 0.3 is 0 Å². The van der Waals surface area contributed by atoms with Gasteiger partial charge in [0.1, 0.15) is 11.6 Å². The standard InChI is InChI=1S/C27H34FN5O3/c1-18-12-19(4-5-20-13-22(27(34)29-2)14-21(25(20)28)6-9-35-3)15-30-26(18)32-23-16-31-33(17-23)24-7-10-36-11-8-24/h12-17,24H,4-11H2,1-3H3,(H,29,34)(H,30,32). The lowest BCUT2D eigenvalue weighted by Crippen LogP contribution is -2.19. The number of carbonyl (C=O) groups is 1. The second-order valence-electron chi connectivity index (χ2n) is 9.12. The van der Waals surface area contributed by atoms with E-state index in [-0.39, 0.29) is 11.7 Å². The van der Waals surface area contributed by atoms with E-state index in [0.29, 0.717) is 48.6 Å². The van der Waals surface area contributed by atoms with Gasteiger partial charge in [-0.05, 0) is 73.4 Å². The molecular weight excluding hydrogens is 461 g/mol. The molecule has 9 heteroatoms. The van der Waals surface area contributed by atoms with Gasteiger partial charge in [0, 0.05) is 45.3 Å². The number of pyridine rings is 1. The lowest BCUT2D eigenvalue weighted by atomic mass is 9.97. The summed E-state index contributed by atoms with van der Waals surface area (Å²) in [6.07, 6.45) is 9.04. The third-order valence-corrected chi connectivity index (χ3v) is 6.54. The SMILES string of the molecule is CNC(=O)c1cc(CCOC)c(F)c(CCc2cnc(Nc3cnn(C4CCOCC4)c3)c(C)c2)c1. The number of aromatic nitrogens is 3. The molecule has 1 amide bonds. The Labute approximate surface area is 211 Å². The summed E-state index contributed by atoms with van der Waals surface area (Å²) < 4.78 is 27.7. The monoisotopic (exact) mass is 495 g/mol. The molecule has 1 aromatic carbocycles. The number of methoxy groups -OCH3 is 1. The van der Waals surface area contributed by atoms with Gasteiger partial charge in [0.15, 0.2) is 0 Å². The number of carbonyl (C=O) groups excluding carboxylic acids is 1. The van der Waals surface area contributed by atoms with Gasteiger partial charge in [0.05, 0.1) is 24.5 Å². The summed E-state index contributed by atoms with van der Waals surface area (Å²) >= 11 is 0. The Morgan fingerprint density at radius 1 is 1.17 bits per heavy atom. The van der Waals surface area contributed by atoms with Gasteiger partial charge < -0.3 is 20.1 Å². The summed E-state index contributed by atoms with van der Waals surface area (Å²) in [6.45, 7) is 3.92. The number of hydrogen-bond donors (Lipinski definition) is 2. The Bertz CT molecular complexity index is 1190. The molecule has 0 saturated carbocycles. The van der Waals surface area contributed by atoms with E-state index in [1.165, 1.54) is 0 Å². The molecule has 1 fully saturated rings. The first-order chi connectivity index (χ1) is 17.5. The van der Waals surface area contributed by atoms with Gasteiger partial charge in [-0.15, -0.1) is 0 Å². The van der Waals surface area contributed by atoms with E-state index >= 15 is 4.39 Å². The number of benzene rings is 1. The van der Waals surface area contributed by atoms with Crippen molar-refractivity contribution < 1.29 is 18.7 Å². The van der Waals surface area contributed by atoms with Crippen molar-refractivity contribution >= 4 is 17.4 Å². The zero-order chi connectivity index (χ0) is 25.5. The number of hydrogen-bond acceptors (Lipinski definition) is 6. The van der Waals surface area contributed by atoms with Crippen LogP contribution in [-0.2, 0) is 28.7 Å². The molecule has 0 spiro atoms. The lowest BCUT2D eigenvalue weighted by Gasteiger charge is -2.22. The van der Waals surface area contributed by atoms with Crippen molar-refractivity contribution in [1.29, 1.82) is 0 Å². The number of rotatable bonds is 10. The molecule has 1 aliphatic heterocycles. The highest BCUT2D eigenvalue weighted by Gasteiger charge is 2.17. The molecule has 1 saturated heterocycles. The second kappa shape index (κ2) is 12.1. The normalized spacial score (nSPS) is 14.1. The molecule has 2 aromatic heterocycles. The molecular formula is C27H34FN5O3. The third-order valence-electron chi connectivity index (χ3n) is 6.54. The minimum absolute atomic E-state index is 0.233. The molecule has 1 aliphatic rings. The fourth-order valence-electron chi connectivity index (χ4n) is 4.47. The van der Waals surface area contributed by atoms with Crippen LogP contribution in [0.25, 0.3) is 0 Å². The third kappa shape index (κ3) is 6.27.